The van der Waals surface area contributed by atoms with Gasteiger partial charge in [-0.05, 0) is 40.6 Å². The molecule has 0 saturated heterocycles. The molecule has 19 heavy (non-hydrogen) atoms. The van der Waals surface area contributed by atoms with Gasteiger partial charge in [0.05, 0.1) is 11.7 Å². The molecule has 0 aliphatic heterocycles. The van der Waals surface area contributed by atoms with Gasteiger partial charge < -0.3 is 0 Å². The average molecular weight is 330 g/mol. The zero-order valence-electron chi connectivity index (χ0n) is 11.8. The second-order valence-corrected chi connectivity index (χ2v) is 6.35. The van der Waals surface area contributed by atoms with Crippen molar-refractivity contribution in [2.24, 2.45) is 24.7 Å². The molecule has 6 heteroatoms. The third kappa shape index (κ3) is 3.35. The predicted octanol–water partition coefficient (Wildman–Crippen LogP) is 2.69. The van der Waals surface area contributed by atoms with E-state index < -0.39 is 0 Å². The first-order valence-corrected chi connectivity index (χ1v) is 7.97. The van der Waals surface area contributed by atoms with Gasteiger partial charge in [0.2, 0.25) is 0 Å². The molecular weight excluding hydrogens is 306 g/mol. The highest BCUT2D eigenvalue weighted by atomic mass is 79.9. The fourth-order valence-electron chi connectivity index (χ4n) is 3.33. The Kier molecular flexibility index (Phi) is 5.36. The zero-order valence-corrected chi connectivity index (χ0v) is 13.4. The van der Waals surface area contributed by atoms with E-state index in [2.05, 4.69) is 38.6 Å². The number of hydrogen-bond donors (Lipinski definition) is 2. The van der Waals surface area contributed by atoms with E-state index in [1.807, 2.05) is 11.7 Å². The first kappa shape index (κ1) is 14.9. The maximum absolute atomic E-state index is 5.79. The lowest BCUT2D eigenvalue weighted by Gasteiger charge is -2.33. The first-order valence-electron chi connectivity index (χ1n) is 7.18. The highest BCUT2D eigenvalue weighted by Gasteiger charge is 2.31. The topological polar surface area (TPSA) is 68.8 Å². The normalized spacial score (nSPS) is 25.5. The van der Waals surface area contributed by atoms with Gasteiger partial charge in [0.1, 0.15) is 0 Å². The molecule has 1 fully saturated rings. The van der Waals surface area contributed by atoms with Crippen LogP contribution >= 0.6 is 15.9 Å². The van der Waals surface area contributed by atoms with Gasteiger partial charge in [0.15, 0.2) is 4.60 Å². The Hall–Kier alpha value is -0.460. The Bertz CT molecular complexity index is 378. The molecule has 0 spiro atoms. The summed E-state index contributed by atoms with van der Waals surface area (Å²) in [6.07, 6.45) is 7.77. The molecule has 5 nitrogen and oxygen atoms in total. The molecule has 3 N–H and O–H groups in total. The highest BCUT2D eigenvalue weighted by Crippen LogP contribution is 2.39. The molecule has 1 atom stereocenters. The number of nitrogens with one attached hydrogen (secondary N) is 1. The van der Waals surface area contributed by atoms with E-state index in [4.69, 9.17) is 5.84 Å². The van der Waals surface area contributed by atoms with E-state index in [9.17, 15) is 0 Å². The van der Waals surface area contributed by atoms with Crippen molar-refractivity contribution in [3.8, 4) is 0 Å². The molecule has 0 aromatic carbocycles. The van der Waals surface area contributed by atoms with Crippen LogP contribution in [-0.2, 0) is 7.05 Å². The minimum absolute atomic E-state index is 0.136. The van der Waals surface area contributed by atoms with E-state index in [0.717, 1.165) is 16.2 Å². The summed E-state index contributed by atoms with van der Waals surface area (Å²) in [4.78, 5) is 0. The quantitative estimate of drug-likeness (QED) is 0.643. The number of halogens is 1. The molecule has 108 valence electrons. The summed E-state index contributed by atoms with van der Waals surface area (Å²) in [6, 6.07) is 0.136. The first-order chi connectivity index (χ1) is 9.17. The Balaban J connectivity index is 2.04. The van der Waals surface area contributed by atoms with Crippen molar-refractivity contribution in [3.63, 3.8) is 0 Å². The van der Waals surface area contributed by atoms with Gasteiger partial charge in [-0.15, -0.1) is 5.10 Å². The molecule has 1 aliphatic rings. The van der Waals surface area contributed by atoms with Crippen molar-refractivity contribution < 1.29 is 0 Å². The van der Waals surface area contributed by atoms with E-state index in [1.165, 1.54) is 38.5 Å². The Morgan fingerprint density at radius 1 is 1.42 bits per heavy atom. The van der Waals surface area contributed by atoms with Crippen LogP contribution in [-0.4, -0.2) is 15.0 Å². The highest BCUT2D eigenvalue weighted by molar-refractivity contribution is 9.10. The Labute approximate surface area is 123 Å². The van der Waals surface area contributed by atoms with Crippen LogP contribution in [0.2, 0.25) is 0 Å². The summed E-state index contributed by atoms with van der Waals surface area (Å²) in [5, 5.41) is 8.11. The molecule has 1 unspecified atom stereocenters. The third-order valence-electron chi connectivity index (χ3n) is 4.36. The standard InChI is InChI=1S/C13H24BrN5/c1-3-4-9-5-7-10(8-6-9)11(16-15)12-13(14)17-18-19(12)2/h9-11,16H,3-8,15H2,1-2H3. The van der Waals surface area contributed by atoms with Gasteiger partial charge in [0, 0.05) is 7.05 Å². The van der Waals surface area contributed by atoms with Crippen LogP contribution in [0.25, 0.3) is 0 Å². The number of aryl methyl sites for hydroxylation is 1. The van der Waals surface area contributed by atoms with Crippen LogP contribution in [0.4, 0.5) is 0 Å². The van der Waals surface area contributed by atoms with Crippen molar-refractivity contribution in [1.82, 2.24) is 20.4 Å². The second-order valence-electron chi connectivity index (χ2n) is 5.60. The third-order valence-corrected chi connectivity index (χ3v) is 4.93. The lowest BCUT2D eigenvalue weighted by molar-refractivity contribution is 0.210. The minimum atomic E-state index is 0.136. The second kappa shape index (κ2) is 6.81. The zero-order chi connectivity index (χ0) is 13.8. The van der Waals surface area contributed by atoms with Crippen LogP contribution in [0.1, 0.15) is 57.2 Å². The maximum atomic E-state index is 5.79. The Morgan fingerprint density at radius 2 is 2.11 bits per heavy atom. The van der Waals surface area contributed by atoms with Crippen LogP contribution in [0.15, 0.2) is 4.60 Å². The largest absolute Gasteiger partial charge is 0.271 e. The van der Waals surface area contributed by atoms with E-state index in [-0.39, 0.29) is 6.04 Å². The summed E-state index contributed by atoms with van der Waals surface area (Å²) in [6.45, 7) is 2.27. The molecule has 0 radical (unpaired) electrons. The predicted molar refractivity (Wildman–Crippen MR) is 79.1 cm³/mol. The molecular formula is C13H24BrN5. The van der Waals surface area contributed by atoms with Crippen LogP contribution in [0, 0.1) is 11.8 Å². The van der Waals surface area contributed by atoms with Crippen molar-refractivity contribution in [3.05, 3.63) is 10.3 Å². The van der Waals surface area contributed by atoms with E-state index in [0.29, 0.717) is 5.92 Å². The van der Waals surface area contributed by atoms with Gasteiger partial charge in [-0.3, -0.25) is 11.3 Å². The molecule has 1 heterocycles. The SMILES string of the molecule is CCCC1CCC(C(NN)c2c(Br)nnn2C)CC1. The average Bonchev–Trinajstić information content (AvgIpc) is 2.74. The van der Waals surface area contributed by atoms with Crippen molar-refractivity contribution >= 4 is 15.9 Å². The molecule has 1 aromatic heterocycles. The summed E-state index contributed by atoms with van der Waals surface area (Å²) < 4.78 is 2.61. The molecule has 0 bridgehead atoms. The van der Waals surface area contributed by atoms with Gasteiger partial charge in [-0.25, -0.2) is 4.68 Å². The van der Waals surface area contributed by atoms with Crippen molar-refractivity contribution in [2.45, 2.75) is 51.5 Å². The van der Waals surface area contributed by atoms with Crippen LogP contribution < -0.4 is 11.3 Å². The number of hydrazine groups is 1. The summed E-state index contributed by atoms with van der Waals surface area (Å²) in [5.41, 5.74) is 4.03. The van der Waals surface area contributed by atoms with Crippen LogP contribution in [0.3, 0.4) is 0 Å². The van der Waals surface area contributed by atoms with Crippen molar-refractivity contribution in [1.29, 1.82) is 0 Å². The monoisotopic (exact) mass is 329 g/mol. The Morgan fingerprint density at radius 3 is 2.58 bits per heavy atom. The summed E-state index contributed by atoms with van der Waals surface area (Å²) in [7, 11) is 1.92. The van der Waals surface area contributed by atoms with Gasteiger partial charge >= 0.3 is 0 Å². The number of nitrogens with two attached hydrogens (primary N) is 1. The summed E-state index contributed by atoms with van der Waals surface area (Å²) in [5.74, 6) is 7.27. The fraction of sp³-hybridized carbons (Fsp3) is 0.846. The molecule has 1 aromatic rings. The molecule has 1 aliphatic carbocycles. The number of nitrogens with zero attached hydrogens (tertiary/aromatic N) is 3. The van der Waals surface area contributed by atoms with Gasteiger partial charge in [-0.1, -0.05) is 37.8 Å². The number of rotatable bonds is 5. The molecule has 1 saturated carbocycles. The van der Waals surface area contributed by atoms with Gasteiger partial charge in [0.25, 0.3) is 0 Å². The number of aromatic nitrogens is 3. The minimum Gasteiger partial charge on any atom is -0.271 e. The van der Waals surface area contributed by atoms with E-state index in [1.54, 1.807) is 0 Å². The van der Waals surface area contributed by atoms with Gasteiger partial charge in [-0.2, -0.15) is 0 Å². The fourth-order valence-corrected chi connectivity index (χ4v) is 3.90. The van der Waals surface area contributed by atoms with Crippen molar-refractivity contribution in [2.75, 3.05) is 0 Å². The molecule has 2 rings (SSSR count). The maximum Gasteiger partial charge on any atom is 0.153 e. The lowest BCUT2D eigenvalue weighted by Crippen LogP contribution is -2.36. The van der Waals surface area contributed by atoms with E-state index >= 15 is 0 Å². The lowest BCUT2D eigenvalue weighted by atomic mass is 9.76. The van der Waals surface area contributed by atoms with Crippen LogP contribution in [0.5, 0.6) is 0 Å². The summed E-state index contributed by atoms with van der Waals surface area (Å²) >= 11 is 3.47. The number of hydrogen-bond acceptors (Lipinski definition) is 4. The molecule has 0 amide bonds. The smallest absolute Gasteiger partial charge is 0.153 e.